The first-order chi connectivity index (χ1) is 10.2. The average molecular weight is 288 g/mol. The largest absolute Gasteiger partial charge is 0.397 e. The summed E-state index contributed by atoms with van der Waals surface area (Å²) >= 11 is 0. The lowest BCUT2D eigenvalue weighted by Crippen LogP contribution is -2.55. The summed E-state index contributed by atoms with van der Waals surface area (Å²) in [5, 5.41) is 2.67. The molecule has 114 valence electrons. The number of benzene rings is 1. The molecule has 2 saturated heterocycles. The second kappa shape index (κ2) is 5.93. The minimum absolute atomic E-state index is 0.0625. The fourth-order valence-electron chi connectivity index (χ4n) is 3.48. The molecule has 3 rings (SSSR count). The van der Waals surface area contributed by atoms with Crippen LogP contribution in [0.25, 0.3) is 0 Å². The van der Waals surface area contributed by atoms with Gasteiger partial charge in [-0.2, -0.15) is 0 Å². The van der Waals surface area contributed by atoms with Gasteiger partial charge in [-0.1, -0.05) is 6.42 Å². The van der Waals surface area contributed by atoms with Crippen LogP contribution in [0.3, 0.4) is 0 Å². The van der Waals surface area contributed by atoms with Crippen LogP contribution < -0.4 is 16.0 Å². The standard InChI is InChI=1S/C16H24N4O/c1-18-16(21)12-5-6-14(17)15(10-12)20-9-8-19-7-3-2-4-13(19)11-20/h5-6,10,13H,2-4,7-9,11,17H2,1H3,(H,18,21). The maximum atomic E-state index is 11.8. The van der Waals surface area contributed by atoms with Gasteiger partial charge in [0.25, 0.3) is 5.91 Å². The Morgan fingerprint density at radius 2 is 2.14 bits per heavy atom. The number of anilines is 2. The van der Waals surface area contributed by atoms with E-state index >= 15 is 0 Å². The summed E-state index contributed by atoms with van der Waals surface area (Å²) < 4.78 is 0. The molecule has 2 fully saturated rings. The molecule has 0 radical (unpaired) electrons. The average Bonchev–Trinajstić information content (AvgIpc) is 2.54. The van der Waals surface area contributed by atoms with Crippen LogP contribution in [0.4, 0.5) is 11.4 Å². The van der Waals surface area contributed by atoms with Crippen LogP contribution in [0.2, 0.25) is 0 Å². The molecular weight excluding hydrogens is 264 g/mol. The Kier molecular flexibility index (Phi) is 4.01. The molecule has 1 amide bonds. The van der Waals surface area contributed by atoms with Crippen molar-refractivity contribution in [2.75, 3.05) is 43.9 Å². The van der Waals surface area contributed by atoms with Gasteiger partial charge in [-0.05, 0) is 37.6 Å². The number of piperidine rings is 1. The van der Waals surface area contributed by atoms with E-state index < -0.39 is 0 Å². The number of piperazine rings is 1. The van der Waals surface area contributed by atoms with Crippen molar-refractivity contribution in [3.05, 3.63) is 23.8 Å². The molecule has 2 aliphatic heterocycles. The third-order valence-corrected chi connectivity index (χ3v) is 4.70. The smallest absolute Gasteiger partial charge is 0.251 e. The molecule has 0 bridgehead atoms. The van der Waals surface area contributed by atoms with Crippen molar-refractivity contribution in [3.8, 4) is 0 Å². The fraction of sp³-hybridized carbons (Fsp3) is 0.562. The first-order valence-electron chi connectivity index (χ1n) is 7.79. The van der Waals surface area contributed by atoms with Gasteiger partial charge < -0.3 is 16.0 Å². The molecule has 0 aromatic heterocycles. The van der Waals surface area contributed by atoms with Gasteiger partial charge in [0.15, 0.2) is 0 Å². The molecule has 2 heterocycles. The predicted molar refractivity (Wildman–Crippen MR) is 85.7 cm³/mol. The molecule has 0 saturated carbocycles. The van der Waals surface area contributed by atoms with E-state index in [-0.39, 0.29) is 5.91 Å². The first kappa shape index (κ1) is 14.2. The highest BCUT2D eigenvalue weighted by Gasteiger charge is 2.29. The van der Waals surface area contributed by atoms with Crippen molar-refractivity contribution in [1.29, 1.82) is 0 Å². The van der Waals surface area contributed by atoms with Gasteiger partial charge in [-0.3, -0.25) is 9.69 Å². The maximum Gasteiger partial charge on any atom is 0.251 e. The Balaban J connectivity index is 1.81. The number of fused-ring (bicyclic) bond motifs is 1. The number of hydrogen-bond donors (Lipinski definition) is 2. The van der Waals surface area contributed by atoms with Gasteiger partial charge in [0, 0.05) is 38.3 Å². The highest BCUT2D eigenvalue weighted by molar-refractivity contribution is 5.96. The van der Waals surface area contributed by atoms with E-state index in [2.05, 4.69) is 15.1 Å². The van der Waals surface area contributed by atoms with Gasteiger partial charge in [0.2, 0.25) is 0 Å². The third kappa shape index (κ3) is 2.83. The zero-order chi connectivity index (χ0) is 14.8. The topological polar surface area (TPSA) is 61.6 Å². The summed E-state index contributed by atoms with van der Waals surface area (Å²) in [6.07, 6.45) is 3.92. The lowest BCUT2D eigenvalue weighted by atomic mass is 9.99. The summed E-state index contributed by atoms with van der Waals surface area (Å²) in [5.74, 6) is -0.0625. The molecule has 1 aromatic carbocycles. The number of amides is 1. The minimum atomic E-state index is -0.0625. The fourth-order valence-corrected chi connectivity index (χ4v) is 3.48. The van der Waals surface area contributed by atoms with Crippen molar-refractivity contribution in [2.24, 2.45) is 0 Å². The number of nitrogen functional groups attached to an aromatic ring is 1. The number of carbonyl (C=O) groups is 1. The lowest BCUT2D eigenvalue weighted by Gasteiger charge is -2.45. The molecule has 21 heavy (non-hydrogen) atoms. The number of nitrogens with two attached hydrogens (primary N) is 1. The van der Waals surface area contributed by atoms with Gasteiger partial charge in [0.05, 0.1) is 11.4 Å². The maximum absolute atomic E-state index is 11.8. The van der Waals surface area contributed by atoms with E-state index in [1.807, 2.05) is 12.1 Å². The van der Waals surface area contributed by atoms with Crippen molar-refractivity contribution in [2.45, 2.75) is 25.3 Å². The van der Waals surface area contributed by atoms with Crippen LogP contribution in [0.15, 0.2) is 18.2 Å². The second-order valence-corrected chi connectivity index (χ2v) is 5.98. The molecule has 1 unspecified atom stereocenters. The van der Waals surface area contributed by atoms with Gasteiger partial charge >= 0.3 is 0 Å². The van der Waals surface area contributed by atoms with Crippen LogP contribution in [-0.2, 0) is 0 Å². The normalized spacial score (nSPS) is 22.7. The number of hydrogen-bond acceptors (Lipinski definition) is 4. The Hall–Kier alpha value is -1.75. The summed E-state index contributed by atoms with van der Waals surface area (Å²) in [6, 6.07) is 6.18. The molecule has 1 aromatic rings. The van der Waals surface area contributed by atoms with E-state index in [9.17, 15) is 4.79 Å². The quantitative estimate of drug-likeness (QED) is 0.805. The first-order valence-corrected chi connectivity index (χ1v) is 7.79. The van der Waals surface area contributed by atoms with E-state index in [1.54, 1.807) is 13.1 Å². The Bertz CT molecular complexity index is 531. The molecule has 3 N–H and O–H groups in total. The molecular formula is C16H24N4O. The minimum Gasteiger partial charge on any atom is -0.397 e. The molecule has 0 spiro atoms. The van der Waals surface area contributed by atoms with Crippen LogP contribution in [0, 0.1) is 0 Å². The molecule has 5 nitrogen and oxygen atoms in total. The van der Waals surface area contributed by atoms with Crippen molar-refractivity contribution >= 4 is 17.3 Å². The SMILES string of the molecule is CNC(=O)c1ccc(N)c(N2CCN3CCCCC3C2)c1. The number of nitrogens with zero attached hydrogens (tertiary/aromatic N) is 2. The monoisotopic (exact) mass is 288 g/mol. The highest BCUT2D eigenvalue weighted by Crippen LogP contribution is 2.29. The predicted octanol–water partition coefficient (Wildman–Crippen LogP) is 1.30. The van der Waals surface area contributed by atoms with Crippen LogP contribution in [0.5, 0.6) is 0 Å². The number of carbonyl (C=O) groups excluding carboxylic acids is 1. The Morgan fingerprint density at radius 1 is 1.29 bits per heavy atom. The van der Waals surface area contributed by atoms with Crippen LogP contribution in [0.1, 0.15) is 29.6 Å². The second-order valence-electron chi connectivity index (χ2n) is 5.98. The van der Waals surface area contributed by atoms with Crippen LogP contribution >= 0.6 is 0 Å². The van der Waals surface area contributed by atoms with Crippen molar-refractivity contribution in [1.82, 2.24) is 10.2 Å². The summed E-state index contributed by atoms with van der Waals surface area (Å²) in [5.41, 5.74) is 8.57. The molecule has 0 aliphatic carbocycles. The lowest BCUT2D eigenvalue weighted by molar-refractivity contribution is 0.0963. The van der Waals surface area contributed by atoms with Crippen molar-refractivity contribution in [3.63, 3.8) is 0 Å². The van der Waals surface area contributed by atoms with Crippen molar-refractivity contribution < 1.29 is 4.79 Å². The Labute approximate surface area is 126 Å². The van der Waals surface area contributed by atoms with Gasteiger partial charge in [0.1, 0.15) is 0 Å². The van der Waals surface area contributed by atoms with E-state index in [4.69, 9.17) is 5.73 Å². The number of nitrogens with one attached hydrogen (secondary N) is 1. The zero-order valence-electron chi connectivity index (χ0n) is 12.6. The highest BCUT2D eigenvalue weighted by atomic mass is 16.1. The molecule has 2 aliphatic rings. The van der Waals surface area contributed by atoms with E-state index in [1.165, 1.54) is 25.8 Å². The Morgan fingerprint density at radius 3 is 2.95 bits per heavy atom. The van der Waals surface area contributed by atoms with Gasteiger partial charge in [-0.25, -0.2) is 0 Å². The van der Waals surface area contributed by atoms with Crippen LogP contribution in [-0.4, -0.2) is 50.1 Å². The number of rotatable bonds is 2. The summed E-state index contributed by atoms with van der Waals surface area (Å²) in [4.78, 5) is 16.7. The summed E-state index contributed by atoms with van der Waals surface area (Å²) in [6.45, 7) is 4.32. The zero-order valence-corrected chi connectivity index (χ0v) is 12.6. The van der Waals surface area contributed by atoms with E-state index in [0.29, 0.717) is 11.6 Å². The third-order valence-electron chi connectivity index (χ3n) is 4.70. The van der Waals surface area contributed by atoms with Gasteiger partial charge in [-0.15, -0.1) is 0 Å². The molecule has 5 heteroatoms. The van der Waals surface area contributed by atoms with E-state index in [0.717, 1.165) is 31.0 Å². The summed E-state index contributed by atoms with van der Waals surface area (Å²) in [7, 11) is 1.65. The molecule has 1 atom stereocenters.